The minimum absolute atomic E-state index is 0.0534. The Kier molecular flexibility index (Phi) is 6.69. The van der Waals surface area contributed by atoms with Crippen molar-refractivity contribution in [3.63, 3.8) is 0 Å². The third-order valence-electron chi connectivity index (χ3n) is 7.54. The number of imidazole rings is 1. The van der Waals surface area contributed by atoms with Gasteiger partial charge in [0.25, 0.3) is 0 Å². The molecule has 3 rings (SSSR count). The van der Waals surface area contributed by atoms with Gasteiger partial charge in [-0.05, 0) is 36.3 Å². The number of rotatable bonds is 6. The summed E-state index contributed by atoms with van der Waals surface area (Å²) in [5.41, 5.74) is 7.26. The smallest absolute Gasteiger partial charge is 0.192 e. The van der Waals surface area contributed by atoms with E-state index in [0.29, 0.717) is 30.0 Å². The van der Waals surface area contributed by atoms with Crippen molar-refractivity contribution in [2.75, 3.05) is 12.3 Å². The van der Waals surface area contributed by atoms with Gasteiger partial charge in [-0.3, -0.25) is 4.57 Å². The molecule has 1 saturated heterocycles. The van der Waals surface area contributed by atoms with Crippen molar-refractivity contribution in [3.05, 3.63) is 12.7 Å². The molecule has 0 bridgehead atoms. The average Bonchev–Trinajstić information content (AvgIpc) is 3.22. The molecule has 2 aromatic heterocycles. The Balaban J connectivity index is 1.87. The number of anilines is 1. The van der Waals surface area contributed by atoms with Gasteiger partial charge >= 0.3 is 0 Å². The number of nitrogens with zero attached hydrogens (tertiary/aromatic N) is 4. The zero-order valence-electron chi connectivity index (χ0n) is 21.4. The van der Waals surface area contributed by atoms with Crippen molar-refractivity contribution in [1.29, 1.82) is 0 Å². The van der Waals surface area contributed by atoms with Gasteiger partial charge in [-0.25, -0.2) is 15.0 Å². The maximum Gasteiger partial charge on any atom is 0.192 e. The highest BCUT2D eigenvalue weighted by Crippen LogP contribution is 2.42. The lowest BCUT2D eigenvalue weighted by atomic mass is 10.2. The number of hydrogen-bond acceptors (Lipinski definition) is 7. The molecule has 3 atom stereocenters. The second-order valence-corrected chi connectivity index (χ2v) is 21.5. The van der Waals surface area contributed by atoms with Crippen LogP contribution in [-0.2, 0) is 13.6 Å². The number of nitrogen functional groups attached to an aromatic ring is 1. The van der Waals surface area contributed by atoms with E-state index in [9.17, 15) is 0 Å². The van der Waals surface area contributed by atoms with Crippen molar-refractivity contribution in [2.45, 2.75) is 103 Å². The molecule has 0 aliphatic carbocycles. The van der Waals surface area contributed by atoms with E-state index in [2.05, 4.69) is 82.7 Å². The molecule has 32 heavy (non-hydrogen) atoms. The van der Waals surface area contributed by atoms with Crippen LogP contribution in [0.3, 0.4) is 0 Å². The number of ether oxygens (including phenoxy) is 1. The monoisotopic (exact) mass is 479 g/mol. The Morgan fingerprint density at radius 2 is 1.66 bits per heavy atom. The summed E-state index contributed by atoms with van der Waals surface area (Å²) in [5, 5.41) is 0.245. The van der Waals surface area contributed by atoms with Gasteiger partial charge in [-0.1, -0.05) is 41.5 Å². The highest BCUT2D eigenvalue weighted by Gasteiger charge is 2.46. The SMILES string of the molecule is CC(C)(C)[Si](C)(C)OCC1OC(n2cnc3c(N)ncnc32)CC1O[Si](C)(C)C(C)(C)C. The molecule has 0 aromatic carbocycles. The van der Waals surface area contributed by atoms with Gasteiger partial charge in [0.05, 0.1) is 19.0 Å². The molecule has 1 aliphatic rings. The van der Waals surface area contributed by atoms with E-state index >= 15 is 0 Å². The average molecular weight is 480 g/mol. The first-order valence-corrected chi connectivity index (χ1v) is 17.3. The van der Waals surface area contributed by atoms with Gasteiger partial charge in [0.2, 0.25) is 0 Å². The van der Waals surface area contributed by atoms with Crippen LogP contribution in [-0.4, -0.2) is 55.0 Å². The molecule has 0 amide bonds. The lowest BCUT2D eigenvalue weighted by molar-refractivity contribution is -0.0383. The molecule has 8 nitrogen and oxygen atoms in total. The highest BCUT2D eigenvalue weighted by molar-refractivity contribution is 6.74. The Bertz CT molecular complexity index is 949. The first kappa shape index (κ1) is 25.3. The Labute approximate surface area is 194 Å². The molecule has 0 radical (unpaired) electrons. The number of fused-ring (bicyclic) bond motifs is 1. The highest BCUT2D eigenvalue weighted by atomic mass is 28.4. The molecule has 0 saturated carbocycles. The minimum Gasteiger partial charge on any atom is -0.414 e. The molecule has 3 unspecified atom stereocenters. The molecule has 10 heteroatoms. The number of aromatic nitrogens is 4. The Hall–Kier alpha value is -1.34. The fraction of sp³-hybridized carbons (Fsp3) is 0.773. The summed E-state index contributed by atoms with van der Waals surface area (Å²) in [7, 11) is -3.91. The van der Waals surface area contributed by atoms with Crippen LogP contribution in [0.2, 0.25) is 36.3 Å². The third-order valence-corrected chi connectivity index (χ3v) is 16.5. The Morgan fingerprint density at radius 3 is 2.25 bits per heavy atom. The fourth-order valence-electron chi connectivity index (χ4n) is 3.29. The fourth-order valence-corrected chi connectivity index (χ4v) is 5.66. The van der Waals surface area contributed by atoms with Gasteiger partial charge in [-0.2, -0.15) is 0 Å². The van der Waals surface area contributed by atoms with Crippen molar-refractivity contribution in [1.82, 2.24) is 19.5 Å². The molecule has 0 spiro atoms. The van der Waals surface area contributed by atoms with Crippen LogP contribution in [0, 0.1) is 0 Å². The molecule has 2 N–H and O–H groups in total. The zero-order valence-corrected chi connectivity index (χ0v) is 23.4. The van der Waals surface area contributed by atoms with E-state index in [1.807, 2.05) is 4.57 Å². The van der Waals surface area contributed by atoms with Crippen LogP contribution in [0.25, 0.3) is 11.2 Å². The van der Waals surface area contributed by atoms with Crippen LogP contribution in [0.1, 0.15) is 54.2 Å². The minimum atomic E-state index is -2.00. The van der Waals surface area contributed by atoms with Crippen LogP contribution in [0.5, 0.6) is 0 Å². The van der Waals surface area contributed by atoms with E-state index in [0.717, 1.165) is 0 Å². The van der Waals surface area contributed by atoms with Gasteiger partial charge in [-0.15, -0.1) is 0 Å². The topological polar surface area (TPSA) is 97.3 Å². The van der Waals surface area contributed by atoms with Crippen molar-refractivity contribution < 1.29 is 13.6 Å². The molecule has 1 fully saturated rings. The lowest BCUT2D eigenvalue weighted by Gasteiger charge is -2.40. The van der Waals surface area contributed by atoms with E-state index in [1.54, 1.807) is 6.33 Å². The van der Waals surface area contributed by atoms with Crippen LogP contribution >= 0.6 is 0 Å². The van der Waals surface area contributed by atoms with Gasteiger partial charge in [0.1, 0.15) is 24.2 Å². The summed E-state index contributed by atoms with van der Waals surface area (Å²) in [6.45, 7) is 23.2. The normalized spacial score (nSPS) is 23.2. The zero-order chi connectivity index (χ0) is 24.1. The standard InChI is InChI=1S/C22H41N5O3Si2/c1-21(2,3)31(7,8)28-12-16-15(30-32(9,10)22(4,5)6)11-17(29-16)27-14-26-18-19(23)24-13-25-20(18)27/h13-17H,11-12H2,1-10H3,(H2,23,24,25). The largest absolute Gasteiger partial charge is 0.414 e. The van der Waals surface area contributed by atoms with E-state index in [-0.39, 0.29) is 28.5 Å². The number of hydrogen-bond donors (Lipinski definition) is 1. The summed E-state index contributed by atoms with van der Waals surface area (Å²) >= 11 is 0. The maximum atomic E-state index is 6.85. The summed E-state index contributed by atoms with van der Waals surface area (Å²) in [6.07, 6.45) is 3.47. The van der Waals surface area contributed by atoms with E-state index in [4.69, 9.17) is 19.3 Å². The molecule has 1 aliphatic heterocycles. The van der Waals surface area contributed by atoms with E-state index in [1.165, 1.54) is 6.33 Å². The van der Waals surface area contributed by atoms with E-state index < -0.39 is 16.6 Å². The predicted molar refractivity (Wildman–Crippen MR) is 133 cm³/mol. The van der Waals surface area contributed by atoms with Gasteiger partial charge < -0.3 is 19.3 Å². The lowest BCUT2D eigenvalue weighted by Crippen LogP contribution is -2.48. The van der Waals surface area contributed by atoms with Gasteiger partial charge in [0, 0.05) is 6.42 Å². The van der Waals surface area contributed by atoms with Crippen molar-refractivity contribution in [3.8, 4) is 0 Å². The second kappa shape index (κ2) is 8.46. The number of nitrogens with two attached hydrogens (primary N) is 1. The molecule has 180 valence electrons. The maximum absolute atomic E-state index is 6.85. The molecule has 2 aromatic rings. The van der Waals surface area contributed by atoms with Crippen molar-refractivity contribution >= 4 is 33.6 Å². The van der Waals surface area contributed by atoms with Crippen LogP contribution < -0.4 is 5.73 Å². The molecule has 3 heterocycles. The summed E-state index contributed by atoms with van der Waals surface area (Å²) in [6, 6.07) is 0. The first-order chi connectivity index (χ1) is 14.5. The summed E-state index contributed by atoms with van der Waals surface area (Å²) in [5.74, 6) is 0.374. The van der Waals surface area contributed by atoms with Crippen LogP contribution in [0.15, 0.2) is 12.7 Å². The second-order valence-electron chi connectivity index (χ2n) is 11.9. The first-order valence-electron chi connectivity index (χ1n) is 11.4. The quantitative estimate of drug-likeness (QED) is 0.575. The summed E-state index contributed by atoms with van der Waals surface area (Å²) in [4.78, 5) is 12.9. The summed E-state index contributed by atoms with van der Waals surface area (Å²) < 4.78 is 21.9. The third kappa shape index (κ3) is 4.94. The predicted octanol–water partition coefficient (Wildman–Crippen LogP) is 5.11. The van der Waals surface area contributed by atoms with Gasteiger partial charge in [0.15, 0.2) is 28.1 Å². The molecular formula is C22H41N5O3Si2. The van der Waals surface area contributed by atoms with Crippen molar-refractivity contribution in [2.24, 2.45) is 0 Å². The van der Waals surface area contributed by atoms with Crippen LogP contribution in [0.4, 0.5) is 5.82 Å². The molecular weight excluding hydrogens is 438 g/mol. The Morgan fingerprint density at radius 1 is 1.03 bits per heavy atom.